The van der Waals surface area contributed by atoms with Crippen LogP contribution in [0.3, 0.4) is 0 Å². The second-order valence-corrected chi connectivity index (χ2v) is 7.71. The van der Waals surface area contributed by atoms with Crippen molar-refractivity contribution in [3.05, 3.63) is 119 Å². The minimum absolute atomic E-state index is 0.340. The van der Waals surface area contributed by atoms with Crippen molar-refractivity contribution in [2.24, 2.45) is 0 Å². The van der Waals surface area contributed by atoms with E-state index < -0.39 is 0 Å². The van der Waals surface area contributed by atoms with Crippen LogP contribution < -0.4 is 10.6 Å². The second kappa shape index (κ2) is 10.2. The molecule has 0 spiro atoms. The lowest BCUT2D eigenvalue weighted by Gasteiger charge is -2.19. The van der Waals surface area contributed by atoms with E-state index in [2.05, 4.69) is 115 Å². The summed E-state index contributed by atoms with van der Waals surface area (Å²) in [4.78, 5) is 0. The zero-order valence-electron chi connectivity index (χ0n) is 17.6. The van der Waals surface area contributed by atoms with E-state index >= 15 is 0 Å². The van der Waals surface area contributed by atoms with Crippen LogP contribution in [0.4, 0.5) is 0 Å². The Morgan fingerprint density at radius 2 is 1.07 bits per heavy atom. The fourth-order valence-electron chi connectivity index (χ4n) is 4.16. The first-order valence-corrected chi connectivity index (χ1v) is 10.9. The minimum Gasteiger partial charge on any atom is -0.313 e. The molecule has 2 heteroatoms. The largest absolute Gasteiger partial charge is 0.313 e. The zero-order valence-corrected chi connectivity index (χ0v) is 17.6. The summed E-state index contributed by atoms with van der Waals surface area (Å²) < 4.78 is 0. The number of rotatable bonds is 9. The van der Waals surface area contributed by atoms with Crippen molar-refractivity contribution in [1.82, 2.24) is 10.6 Å². The Bertz CT molecular complexity index is 1020. The van der Waals surface area contributed by atoms with Gasteiger partial charge in [-0.1, -0.05) is 104 Å². The molecule has 0 radical (unpaired) electrons. The van der Waals surface area contributed by atoms with Gasteiger partial charge in [0.2, 0.25) is 0 Å². The molecular weight excluding hydrogens is 364 g/mol. The SMILES string of the molecule is CCNCc1cccc2c(CNCC(c3ccccc3)c3ccccc3)cccc12. The van der Waals surface area contributed by atoms with Crippen molar-refractivity contribution in [2.45, 2.75) is 25.9 Å². The molecule has 0 bridgehead atoms. The molecule has 30 heavy (non-hydrogen) atoms. The third kappa shape index (κ3) is 4.79. The maximum atomic E-state index is 3.74. The normalized spacial score (nSPS) is 11.3. The Morgan fingerprint density at radius 1 is 0.567 bits per heavy atom. The molecule has 0 aromatic heterocycles. The molecule has 4 aromatic rings. The van der Waals surface area contributed by atoms with Crippen LogP contribution in [0.1, 0.15) is 35.1 Å². The molecule has 0 aliphatic rings. The summed E-state index contributed by atoms with van der Waals surface area (Å²) >= 11 is 0. The number of benzene rings is 4. The quantitative estimate of drug-likeness (QED) is 0.371. The van der Waals surface area contributed by atoms with E-state index in [0.717, 1.165) is 26.2 Å². The van der Waals surface area contributed by atoms with Gasteiger partial charge in [-0.3, -0.25) is 0 Å². The number of nitrogens with one attached hydrogen (secondary N) is 2. The molecule has 152 valence electrons. The van der Waals surface area contributed by atoms with Crippen LogP contribution in [0.25, 0.3) is 10.8 Å². The van der Waals surface area contributed by atoms with Gasteiger partial charge < -0.3 is 10.6 Å². The van der Waals surface area contributed by atoms with Crippen LogP contribution in [0.15, 0.2) is 97.1 Å². The van der Waals surface area contributed by atoms with Gasteiger partial charge in [-0.05, 0) is 39.6 Å². The van der Waals surface area contributed by atoms with Gasteiger partial charge in [-0.15, -0.1) is 0 Å². The smallest absolute Gasteiger partial charge is 0.0214 e. The Labute approximate surface area is 180 Å². The van der Waals surface area contributed by atoms with E-state index in [1.165, 1.54) is 33.0 Å². The van der Waals surface area contributed by atoms with Crippen LogP contribution in [-0.2, 0) is 13.1 Å². The fraction of sp³-hybridized carbons (Fsp3) is 0.214. The number of hydrogen-bond acceptors (Lipinski definition) is 2. The molecule has 0 aliphatic heterocycles. The van der Waals surface area contributed by atoms with Gasteiger partial charge in [-0.2, -0.15) is 0 Å². The van der Waals surface area contributed by atoms with Crippen molar-refractivity contribution in [3.8, 4) is 0 Å². The topological polar surface area (TPSA) is 24.1 Å². The molecule has 0 saturated heterocycles. The maximum absolute atomic E-state index is 3.74. The summed E-state index contributed by atoms with van der Waals surface area (Å²) in [5.74, 6) is 0.340. The van der Waals surface area contributed by atoms with Gasteiger partial charge in [0.15, 0.2) is 0 Å². The predicted octanol–water partition coefficient (Wildman–Crippen LogP) is 5.87. The molecule has 2 N–H and O–H groups in total. The van der Waals surface area contributed by atoms with E-state index in [4.69, 9.17) is 0 Å². The maximum Gasteiger partial charge on any atom is 0.0214 e. The van der Waals surface area contributed by atoms with Gasteiger partial charge in [0.1, 0.15) is 0 Å². The lowest BCUT2D eigenvalue weighted by atomic mass is 9.91. The molecule has 0 atom stereocenters. The van der Waals surface area contributed by atoms with Gasteiger partial charge in [0.05, 0.1) is 0 Å². The summed E-state index contributed by atoms with van der Waals surface area (Å²) in [6, 6.07) is 34.9. The van der Waals surface area contributed by atoms with Gasteiger partial charge >= 0.3 is 0 Å². The highest BCUT2D eigenvalue weighted by Gasteiger charge is 2.13. The van der Waals surface area contributed by atoms with E-state index in [-0.39, 0.29) is 0 Å². The van der Waals surface area contributed by atoms with Crippen LogP contribution in [0, 0.1) is 0 Å². The molecule has 2 nitrogen and oxygen atoms in total. The van der Waals surface area contributed by atoms with Crippen molar-refractivity contribution >= 4 is 10.8 Å². The molecule has 0 saturated carbocycles. The molecule has 0 fully saturated rings. The third-order valence-electron chi connectivity index (χ3n) is 5.74. The highest BCUT2D eigenvalue weighted by atomic mass is 14.9. The fourth-order valence-corrected chi connectivity index (χ4v) is 4.16. The highest BCUT2D eigenvalue weighted by molar-refractivity contribution is 5.88. The summed E-state index contributed by atoms with van der Waals surface area (Å²) in [5, 5.41) is 9.88. The van der Waals surface area contributed by atoms with Crippen molar-refractivity contribution in [2.75, 3.05) is 13.1 Å². The molecule has 4 aromatic carbocycles. The van der Waals surface area contributed by atoms with E-state index in [1.54, 1.807) is 0 Å². The molecule has 0 amide bonds. The molecular formula is C28H30N2. The van der Waals surface area contributed by atoms with E-state index in [0.29, 0.717) is 5.92 Å². The summed E-state index contributed by atoms with van der Waals surface area (Å²) in [6.07, 6.45) is 0. The van der Waals surface area contributed by atoms with Crippen molar-refractivity contribution in [3.63, 3.8) is 0 Å². The Kier molecular flexibility index (Phi) is 6.91. The molecule has 0 unspecified atom stereocenters. The first-order valence-electron chi connectivity index (χ1n) is 10.9. The first kappa shape index (κ1) is 20.3. The van der Waals surface area contributed by atoms with Crippen LogP contribution in [0.5, 0.6) is 0 Å². The Morgan fingerprint density at radius 3 is 1.57 bits per heavy atom. The van der Waals surface area contributed by atoms with Gasteiger partial charge in [-0.25, -0.2) is 0 Å². The van der Waals surface area contributed by atoms with Crippen molar-refractivity contribution < 1.29 is 0 Å². The second-order valence-electron chi connectivity index (χ2n) is 7.71. The summed E-state index contributed by atoms with van der Waals surface area (Å²) in [5.41, 5.74) is 5.41. The number of hydrogen-bond donors (Lipinski definition) is 2. The monoisotopic (exact) mass is 394 g/mol. The lowest BCUT2D eigenvalue weighted by molar-refractivity contribution is 0.638. The highest BCUT2D eigenvalue weighted by Crippen LogP contribution is 2.25. The minimum atomic E-state index is 0.340. The predicted molar refractivity (Wildman–Crippen MR) is 128 cm³/mol. The van der Waals surface area contributed by atoms with Crippen LogP contribution >= 0.6 is 0 Å². The number of fused-ring (bicyclic) bond motifs is 1. The Balaban J connectivity index is 1.53. The average molecular weight is 395 g/mol. The van der Waals surface area contributed by atoms with E-state index in [9.17, 15) is 0 Å². The zero-order chi connectivity index (χ0) is 20.6. The van der Waals surface area contributed by atoms with Crippen LogP contribution in [0.2, 0.25) is 0 Å². The van der Waals surface area contributed by atoms with Crippen LogP contribution in [-0.4, -0.2) is 13.1 Å². The third-order valence-corrected chi connectivity index (χ3v) is 5.74. The molecule has 0 aliphatic carbocycles. The van der Waals surface area contributed by atoms with E-state index in [1.807, 2.05) is 0 Å². The van der Waals surface area contributed by atoms with Gasteiger partial charge in [0, 0.05) is 25.6 Å². The average Bonchev–Trinajstić information content (AvgIpc) is 2.81. The molecule has 4 rings (SSSR count). The summed E-state index contributed by atoms with van der Waals surface area (Å²) in [6.45, 7) is 5.81. The standard InChI is InChI=1S/C28H30N2/c1-2-29-19-24-15-9-18-27-25(16-10-17-26(24)27)20-30-21-28(22-11-5-3-6-12-22)23-13-7-4-8-14-23/h3-18,28-30H,2,19-21H2,1H3. The Hall–Kier alpha value is -2.94. The van der Waals surface area contributed by atoms with Gasteiger partial charge in [0.25, 0.3) is 0 Å². The molecule has 0 heterocycles. The summed E-state index contributed by atoms with van der Waals surface area (Å²) in [7, 11) is 0. The van der Waals surface area contributed by atoms with Crippen molar-refractivity contribution in [1.29, 1.82) is 0 Å². The first-order chi connectivity index (χ1) is 14.9. The lowest BCUT2D eigenvalue weighted by Crippen LogP contribution is -2.22.